The van der Waals surface area contributed by atoms with E-state index in [1.807, 2.05) is 31.2 Å². The van der Waals surface area contributed by atoms with Crippen molar-refractivity contribution in [3.8, 4) is 0 Å². The number of aryl methyl sites for hydroxylation is 1. The SMILES string of the molecule is Cc1cccc(F)c1NCc1cc(Br)ccc1Cl. The number of halogens is 3. The summed E-state index contributed by atoms with van der Waals surface area (Å²) in [5, 5.41) is 3.75. The minimum atomic E-state index is -0.249. The zero-order valence-corrected chi connectivity index (χ0v) is 12.1. The number of benzene rings is 2. The van der Waals surface area contributed by atoms with E-state index in [2.05, 4.69) is 21.2 Å². The summed E-state index contributed by atoms with van der Waals surface area (Å²) in [5.41, 5.74) is 2.32. The first-order valence-corrected chi connectivity index (χ1v) is 6.68. The zero-order valence-electron chi connectivity index (χ0n) is 9.81. The standard InChI is InChI=1S/C14H12BrClFN/c1-9-3-2-4-13(17)14(9)18-8-10-7-11(15)5-6-12(10)16/h2-7,18H,8H2,1H3. The minimum absolute atomic E-state index is 0.249. The van der Waals surface area contributed by atoms with E-state index in [1.54, 1.807) is 6.07 Å². The summed E-state index contributed by atoms with van der Waals surface area (Å²) < 4.78 is 14.6. The molecule has 18 heavy (non-hydrogen) atoms. The van der Waals surface area contributed by atoms with Gasteiger partial charge in [0, 0.05) is 16.0 Å². The van der Waals surface area contributed by atoms with E-state index in [9.17, 15) is 4.39 Å². The van der Waals surface area contributed by atoms with Gasteiger partial charge in [-0.15, -0.1) is 0 Å². The van der Waals surface area contributed by atoms with Crippen LogP contribution in [0.4, 0.5) is 10.1 Å². The van der Waals surface area contributed by atoms with Crippen molar-refractivity contribution in [2.45, 2.75) is 13.5 Å². The molecule has 2 aromatic carbocycles. The average Bonchev–Trinajstić information content (AvgIpc) is 2.33. The summed E-state index contributed by atoms with van der Waals surface area (Å²) in [7, 11) is 0. The molecule has 4 heteroatoms. The number of hydrogen-bond acceptors (Lipinski definition) is 1. The van der Waals surface area contributed by atoms with Crippen molar-refractivity contribution in [3.63, 3.8) is 0 Å². The molecular formula is C14H12BrClFN. The molecule has 2 aromatic rings. The fraction of sp³-hybridized carbons (Fsp3) is 0.143. The maximum absolute atomic E-state index is 13.6. The topological polar surface area (TPSA) is 12.0 Å². The van der Waals surface area contributed by atoms with Gasteiger partial charge in [-0.25, -0.2) is 4.39 Å². The van der Waals surface area contributed by atoms with Crippen LogP contribution in [-0.4, -0.2) is 0 Å². The van der Waals surface area contributed by atoms with Gasteiger partial charge in [-0.3, -0.25) is 0 Å². The van der Waals surface area contributed by atoms with E-state index in [1.165, 1.54) is 6.07 Å². The first kappa shape index (κ1) is 13.4. The molecule has 0 aliphatic carbocycles. The lowest BCUT2D eigenvalue weighted by atomic mass is 10.1. The lowest BCUT2D eigenvalue weighted by molar-refractivity contribution is 0.629. The van der Waals surface area contributed by atoms with Crippen molar-refractivity contribution in [1.29, 1.82) is 0 Å². The van der Waals surface area contributed by atoms with Crippen LogP contribution < -0.4 is 5.32 Å². The molecule has 0 aromatic heterocycles. The zero-order chi connectivity index (χ0) is 13.1. The van der Waals surface area contributed by atoms with Crippen molar-refractivity contribution in [3.05, 3.63) is 62.8 Å². The van der Waals surface area contributed by atoms with Gasteiger partial charge in [0.05, 0.1) is 5.69 Å². The van der Waals surface area contributed by atoms with Crippen LogP contribution in [0.2, 0.25) is 5.02 Å². The molecule has 1 N–H and O–H groups in total. The first-order valence-electron chi connectivity index (χ1n) is 5.51. The van der Waals surface area contributed by atoms with Crippen molar-refractivity contribution in [2.75, 3.05) is 5.32 Å². The van der Waals surface area contributed by atoms with Crippen molar-refractivity contribution in [2.24, 2.45) is 0 Å². The van der Waals surface area contributed by atoms with Crippen LogP contribution >= 0.6 is 27.5 Å². The van der Waals surface area contributed by atoms with Crippen LogP contribution in [-0.2, 0) is 6.54 Å². The van der Waals surface area contributed by atoms with Gasteiger partial charge >= 0.3 is 0 Å². The fourth-order valence-corrected chi connectivity index (χ4v) is 2.31. The normalized spacial score (nSPS) is 10.4. The van der Waals surface area contributed by atoms with Crippen LogP contribution in [0.3, 0.4) is 0 Å². The molecule has 0 unspecified atom stereocenters. The number of nitrogens with one attached hydrogen (secondary N) is 1. The third kappa shape index (κ3) is 3.03. The molecule has 0 amide bonds. The second-order valence-electron chi connectivity index (χ2n) is 4.02. The predicted molar refractivity (Wildman–Crippen MR) is 77.6 cm³/mol. The highest BCUT2D eigenvalue weighted by molar-refractivity contribution is 9.10. The van der Waals surface area contributed by atoms with Gasteiger partial charge in [0.15, 0.2) is 0 Å². The monoisotopic (exact) mass is 327 g/mol. The van der Waals surface area contributed by atoms with Crippen LogP contribution in [0.25, 0.3) is 0 Å². The second kappa shape index (κ2) is 5.72. The molecule has 94 valence electrons. The molecular weight excluding hydrogens is 317 g/mol. The summed E-state index contributed by atoms with van der Waals surface area (Å²) >= 11 is 9.48. The summed E-state index contributed by atoms with van der Waals surface area (Å²) in [6.07, 6.45) is 0. The Morgan fingerprint density at radius 2 is 2.06 bits per heavy atom. The molecule has 2 rings (SSSR count). The summed E-state index contributed by atoms with van der Waals surface area (Å²) in [5.74, 6) is -0.249. The molecule has 0 fully saturated rings. The minimum Gasteiger partial charge on any atom is -0.378 e. The summed E-state index contributed by atoms with van der Waals surface area (Å²) in [6, 6.07) is 10.6. The van der Waals surface area contributed by atoms with Gasteiger partial charge in [0.1, 0.15) is 5.82 Å². The molecule has 0 atom stereocenters. The van der Waals surface area contributed by atoms with Gasteiger partial charge in [-0.05, 0) is 42.3 Å². The van der Waals surface area contributed by atoms with Gasteiger partial charge in [0.25, 0.3) is 0 Å². The first-order chi connectivity index (χ1) is 8.58. The second-order valence-corrected chi connectivity index (χ2v) is 5.34. The van der Waals surface area contributed by atoms with E-state index in [0.29, 0.717) is 17.3 Å². The van der Waals surface area contributed by atoms with Crippen molar-refractivity contribution >= 4 is 33.2 Å². The number of para-hydroxylation sites is 1. The fourth-order valence-electron chi connectivity index (χ4n) is 1.72. The van der Waals surface area contributed by atoms with E-state index in [0.717, 1.165) is 15.6 Å². The number of rotatable bonds is 3. The average molecular weight is 329 g/mol. The molecule has 1 nitrogen and oxygen atoms in total. The largest absolute Gasteiger partial charge is 0.378 e. The van der Waals surface area contributed by atoms with E-state index in [4.69, 9.17) is 11.6 Å². The van der Waals surface area contributed by atoms with Crippen LogP contribution in [0.1, 0.15) is 11.1 Å². The summed E-state index contributed by atoms with van der Waals surface area (Å²) in [4.78, 5) is 0. The smallest absolute Gasteiger partial charge is 0.146 e. The Morgan fingerprint density at radius 1 is 1.28 bits per heavy atom. The Hall–Kier alpha value is -1.06. The lowest BCUT2D eigenvalue weighted by Gasteiger charge is -2.11. The Bertz CT molecular complexity index is 551. The van der Waals surface area contributed by atoms with Crippen LogP contribution in [0.5, 0.6) is 0 Å². The molecule has 0 bridgehead atoms. The van der Waals surface area contributed by atoms with Crippen LogP contribution in [0, 0.1) is 12.7 Å². The molecule has 0 spiro atoms. The van der Waals surface area contributed by atoms with Gasteiger partial charge < -0.3 is 5.32 Å². The van der Waals surface area contributed by atoms with E-state index in [-0.39, 0.29) is 5.82 Å². The third-order valence-electron chi connectivity index (χ3n) is 2.69. The predicted octanol–water partition coefficient (Wildman–Crippen LogP) is 5.16. The third-order valence-corrected chi connectivity index (χ3v) is 3.55. The van der Waals surface area contributed by atoms with Gasteiger partial charge in [0.2, 0.25) is 0 Å². The lowest BCUT2D eigenvalue weighted by Crippen LogP contribution is -2.03. The highest BCUT2D eigenvalue weighted by Crippen LogP contribution is 2.24. The Labute approximate surface area is 119 Å². The molecule has 0 aliphatic heterocycles. The van der Waals surface area contributed by atoms with E-state index >= 15 is 0 Å². The maximum atomic E-state index is 13.6. The molecule has 0 aliphatic rings. The highest BCUT2D eigenvalue weighted by atomic mass is 79.9. The summed E-state index contributed by atoms with van der Waals surface area (Å²) in [6.45, 7) is 2.36. The number of anilines is 1. The van der Waals surface area contributed by atoms with Gasteiger partial charge in [-0.2, -0.15) is 0 Å². The Balaban J connectivity index is 2.19. The number of hydrogen-bond donors (Lipinski definition) is 1. The molecule has 0 radical (unpaired) electrons. The van der Waals surface area contributed by atoms with Gasteiger partial charge in [-0.1, -0.05) is 39.7 Å². The quantitative estimate of drug-likeness (QED) is 0.820. The Kier molecular flexibility index (Phi) is 4.25. The Morgan fingerprint density at radius 3 is 2.78 bits per heavy atom. The van der Waals surface area contributed by atoms with Crippen molar-refractivity contribution < 1.29 is 4.39 Å². The molecule has 0 heterocycles. The highest BCUT2D eigenvalue weighted by Gasteiger charge is 2.06. The molecule has 0 saturated carbocycles. The maximum Gasteiger partial charge on any atom is 0.146 e. The van der Waals surface area contributed by atoms with E-state index < -0.39 is 0 Å². The van der Waals surface area contributed by atoms with Crippen LogP contribution in [0.15, 0.2) is 40.9 Å². The van der Waals surface area contributed by atoms with Crippen molar-refractivity contribution in [1.82, 2.24) is 0 Å². The molecule has 0 saturated heterocycles.